The Labute approximate surface area is 316 Å². The highest BCUT2D eigenvalue weighted by atomic mass is 35.5. The van der Waals surface area contributed by atoms with Crippen LogP contribution in [0, 0.1) is 13.8 Å². The van der Waals surface area contributed by atoms with Gasteiger partial charge in [-0.1, -0.05) is 84.9 Å². The minimum absolute atomic E-state index is 0.0206. The molecule has 1 saturated carbocycles. The fraction of sp³-hybridized carbons (Fsp3) is 0.350. The van der Waals surface area contributed by atoms with Crippen molar-refractivity contribution in [2.24, 2.45) is 0 Å². The van der Waals surface area contributed by atoms with Crippen LogP contribution in [0.3, 0.4) is 0 Å². The maximum absolute atomic E-state index is 14.9. The number of carbonyl (C=O) groups is 2. The molecule has 0 aromatic heterocycles. The number of anilines is 1. The van der Waals surface area contributed by atoms with Crippen LogP contribution in [0.25, 0.3) is 0 Å². The van der Waals surface area contributed by atoms with Crippen LogP contribution in [0.2, 0.25) is 10.0 Å². The second-order valence-corrected chi connectivity index (χ2v) is 15.9. The molecule has 0 radical (unpaired) electrons. The Kier molecular flexibility index (Phi) is 13.1. The molecule has 1 aliphatic carbocycles. The van der Waals surface area contributed by atoms with E-state index >= 15 is 0 Å². The van der Waals surface area contributed by atoms with Crippen molar-refractivity contribution < 1.29 is 27.5 Å². The van der Waals surface area contributed by atoms with Gasteiger partial charge in [-0.25, -0.2) is 8.42 Å². The number of benzene rings is 4. The number of halogens is 2. The number of nitrogens with one attached hydrogen (secondary N) is 1. The number of sulfonamides is 1. The van der Waals surface area contributed by atoms with Crippen molar-refractivity contribution in [3.05, 3.63) is 117 Å². The quantitative estimate of drug-likeness (QED) is 0.140. The molecule has 4 aromatic rings. The third kappa shape index (κ3) is 9.59. The summed E-state index contributed by atoms with van der Waals surface area (Å²) in [4.78, 5) is 30.7. The van der Waals surface area contributed by atoms with Crippen LogP contribution >= 0.6 is 23.2 Å². The molecule has 1 N–H and O–H groups in total. The Morgan fingerprint density at radius 1 is 0.846 bits per heavy atom. The summed E-state index contributed by atoms with van der Waals surface area (Å²) in [5.41, 5.74) is 3.33. The van der Waals surface area contributed by atoms with Gasteiger partial charge in [-0.2, -0.15) is 0 Å². The number of amides is 2. The maximum Gasteiger partial charge on any atom is 0.264 e. The smallest absolute Gasteiger partial charge is 0.264 e. The first-order valence-corrected chi connectivity index (χ1v) is 19.5. The summed E-state index contributed by atoms with van der Waals surface area (Å²) < 4.78 is 41.1. The zero-order chi connectivity index (χ0) is 37.4. The summed E-state index contributed by atoms with van der Waals surface area (Å²) >= 11 is 12.9. The Morgan fingerprint density at radius 3 is 2.15 bits per heavy atom. The van der Waals surface area contributed by atoms with E-state index in [0.717, 1.165) is 53.1 Å². The number of methoxy groups -OCH3 is 2. The summed E-state index contributed by atoms with van der Waals surface area (Å²) in [6.07, 6.45) is 5.03. The molecular weight excluding hydrogens is 721 g/mol. The molecule has 2 amide bonds. The fourth-order valence-corrected chi connectivity index (χ4v) is 8.54. The van der Waals surface area contributed by atoms with Crippen molar-refractivity contribution >= 4 is 50.7 Å². The molecule has 9 nitrogen and oxygen atoms in total. The average molecular weight is 767 g/mol. The van der Waals surface area contributed by atoms with Gasteiger partial charge in [0.05, 0.1) is 24.8 Å². The number of rotatable bonds is 14. The van der Waals surface area contributed by atoms with Crippen molar-refractivity contribution in [2.75, 3.05) is 25.1 Å². The number of hydrogen-bond donors (Lipinski definition) is 1. The monoisotopic (exact) mass is 765 g/mol. The lowest BCUT2D eigenvalue weighted by Gasteiger charge is -2.35. The molecule has 1 atom stereocenters. The van der Waals surface area contributed by atoms with E-state index in [1.165, 1.54) is 37.3 Å². The van der Waals surface area contributed by atoms with E-state index in [1.807, 2.05) is 50.2 Å². The molecule has 0 spiro atoms. The van der Waals surface area contributed by atoms with Crippen LogP contribution in [-0.2, 0) is 32.6 Å². The third-order valence-electron chi connectivity index (χ3n) is 9.29. The molecule has 276 valence electrons. The lowest BCUT2D eigenvalue weighted by molar-refractivity contribution is -0.140. The standard InChI is InChI=1S/C40H45Cl2N3O6S/c1-27-19-28(2)21-33(20-27)45(52(48,49)34-17-18-37(50-3)38(24-34)51-4)26-39(46)44(25-30-15-16-31(41)23-35(30)42)36(22-29-11-7-5-8-12-29)40(47)43-32-13-9-6-10-14-32/h5,7-8,11-12,15-21,23-24,32,36H,6,9-10,13-14,22,25-26H2,1-4H3,(H,43,47). The van der Waals surface area contributed by atoms with Crippen LogP contribution < -0.4 is 19.1 Å². The fourth-order valence-electron chi connectivity index (χ4n) is 6.66. The van der Waals surface area contributed by atoms with Crippen LogP contribution in [0.1, 0.15) is 54.4 Å². The molecule has 5 rings (SSSR count). The van der Waals surface area contributed by atoms with E-state index < -0.39 is 28.5 Å². The Bertz CT molecular complexity index is 1970. The topological polar surface area (TPSA) is 105 Å². The minimum Gasteiger partial charge on any atom is -0.493 e. The number of carbonyl (C=O) groups excluding carboxylic acids is 2. The third-order valence-corrected chi connectivity index (χ3v) is 11.7. The van der Waals surface area contributed by atoms with Crippen LogP contribution in [0.5, 0.6) is 11.5 Å². The van der Waals surface area contributed by atoms with Gasteiger partial charge in [0, 0.05) is 35.1 Å². The lowest BCUT2D eigenvalue weighted by atomic mass is 9.94. The number of nitrogens with zero attached hydrogens (tertiary/aromatic N) is 2. The summed E-state index contributed by atoms with van der Waals surface area (Å²) in [5.74, 6) is -0.324. The highest BCUT2D eigenvalue weighted by Gasteiger charge is 2.36. The molecule has 1 fully saturated rings. The maximum atomic E-state index is 14.9. The summed E-state index contributed by atoms with van der Waals surface area (Å²) in [6, 6.07) is 23.1. The summed E-state index contributed by atoms with van der Waals surface area (Å²) in [7, 11) is -1.50. The lowest BCUT2D eigenvalue weighted by Crippen LogP contribution is -2.55. The zero-order valence-electron chi connectivity index (χ0n) is 29.9. The highest BCUT2D eigenvalue weighted by Crippen LogP contribution is 2.33. The highest BCUT2D eigenvalue weighted by molar-refractivity contribution is 7.92. The van der Waals surface area contributed by atoms with Gasteiger partial charge >= 0.3 is 0 Å². The van der Waals surface area contributed by atoms with Crippen molar-refractivity contribution in [1.29, 1.82) is 0 Å². The van der Waals surface area contributed by atoms with E-state index in [0.29, 0.717) is 27.0 Å². The number of aryl methyl sites for hydroxylation is 2. The van der Waals surface area contributed by atoms with Crippen molar-refractivity contribution in [1.82, 2.24) is 10.2 Å². The molecule has 1 aliphatic rings. The predicted molar refractivity (Wildman–Crippen MR) is 206 cm³/mol. The van der Waals surface area contributed by atoms with Gasteiger partial charge in [-0.15, -0.1) is 0 Å². The van der Waals surface area contributed by atoms with Gasteiger partial charge < -0.3 is 19.7 Å². The van der Waals surface area contributed by atoms with Crippen LogP contribution in [0.15, 0.2) is 89.8 Å². The Morgan fingerprint density at radius 2 is 1.52 bits per heavy atom. The molecule has 52 heavy (non-hydrogen) atoms. The second-order valence-electron chi connectivity index (χ2n) is 13.2. The van der Waals surface area contributed by atoms with Crippen molar-refractivity contribution in [2.45, 2.75) is 75.9 Å². The SMILES string of the molecule is COc1ccc(S(=O)(=O)N(CC(=O)N(Cc2ccc(Cl)cc2Cl)C(Cc2ccccc2)C(=O)NC2CCCCC2)c2cc(C)cc(C)c2)cc1OC. The molecular formula is C40H45Cl2N3O6S. The van der Waals surface area contributed by atoms with Gasteiger partial charge in [0.25, 0.3) is 10.0 Å². The molecule has 0 heterocycles. The predicted octanol–water partition coefficient (Wildman–Crippen LogP) is 7.91. The first kappa shape index (κ1) is 39.0. The second kappa shape index (κ2) is 17.5. The molecule has 1 unspecified atom stereocenters. The summed E-state index contributed by atoms with van der Waals surface area (Å²) in [6.45, 7) is 3.05. The van der Waals surface area contributed by atoms with E-state index in [9.17, 15) is 18.0 Å². The normalized spacial score (nSPS) is 14.0. The molecule has 0 saturated heterocycles. The van der Waals surface area contributed by atoms with Gasteiger partial charge in [-0.05, 0) is 85.3 Å². The van der Waals surface area contributed by atoms with Gasteiger partial charge in [0.1, 0.15) is 12.6 Å². The first-order chi connectivity index (χ1) is 24.9. The van der Waals surface area contributed by atoms with E-state index in [4.69, 9.17) is 32.7 Å². The van der Waals surface area contributed by atoms with Gasteiger partial charge in [-0.3, -0.25) is 13.9 Å². The van der Waals surface area contributed by atoms with Crippen molar-refractivity contribution in [3.63, 3.8) is 0 Å². The molecule has 12 heteroatoms. The Balaban J connectivity index is 1.62. The van der Waals surface area contributed by atoms with E-state index in [1.54, 1.807) is 30.3 Å². The first-order valence-electron chi connectivity index (χ1n) is 17.3. The Hall–Kier alpha value is -4.25. The van der Waals surface area contributed by atoms with Gasteiger partial charge in [0.2, 0.25) is 11.8 Å². The van der Waals surface area contributed by atoms with Gasteiger partial charge in [0.15, 0.2) is 11.5 Å². The molecule has 4 aromatic carbocycles. The van der Waals surface area contributed by atoms with Crippen LogP contribution in [-0.4, -0.2) is 58.0 Å². The minimum atomic E-state index is -4.38. The molecule has 0 bridgehead atoms. The van der Waals surface area contributed by atoms with Crippen LogP contribution in [0.4, 0.5) is 5.69 Å². The van der Waals surface area contributed by atoms with Crippen molar-refractivity contribution in [3.8, 4) is 11.5 Å². The molecule has 0 aliphatic heterocycles. The van der Waals surface area contributed by atoms with E-state index in [2.05, 4.69) is 5.32 Å². The average Bonchev–Trinajstić information content (AvgIpc) is 3.12. The number of hydrogen-bond acceptors (Lipinski definition) is 6. The number of ether oxygens (including phenoxy) is 2. The largest absolute Gasteiger partial charge is 0.493 e. The summed E-state index contributed by atoms with van der Waals surface area (Å²) in [5, 5.41) is 3.96. The van der Waals surface area contributed by atoms with E-state index in [-0.39, 0.29) is 35.6 Å². The zero-order valence-corrected chi connectivity index (χ0v) is 32.2.